The van der Waals surface area contributed by atoms with Crippen LogP contribution in [0, 0.1) is 13.8 Å². The number of thiazole rings is 1. The SMILES string of the molecule is Cc1nc(C2CN(C)CCN2)sc1C. The van der Waals surface area contributed by atoms with Crippen molar-refractivity contribution in [1.29, 1.82) is 0 Å². The summed E-state index contributed by atoms with van der Waals surface area (Å²) in [6.07, 6.45) is 0. The lowest BCUT2D eigenvalue weighted by Gasteiger charge is -2.29. The van der Waals surface area contributed by atoms with Crippen molar-refractivity contribution in [3.05, 3.63) is 15.6 Å². The van der Waals surface area contributed by atoms with Gasteiger partial charge in [0.05, 0.1) is 11.7 Å². The molecule has 2 heterocycles. The van der Waals surface area contributed by atoms with Gasteiger partial charge in [-0.3, -0.25) is 0 Å². The molecule has 1 fully saturated rings. The van der Waals surface area contributed by atoms with Gasteiger partial charge in [0.15, 0.2) is 0 Å². The van der Waals surface area contributed by atoms with Gasteiger partial charge in [-0.25, -0.2) is 4.98 Å². The summed E-state index contributed by atoms with van der Waals surface area (Å²) in [5.74, 6) is 0. The third-order valence-electron chi connectivity index (χ3n) is 2.72. The van der Waals surface area contributed by atoms with E-state index < -0.39 is 0 Å². The van der Waals surface area contributed by atoms with Crippen LogP contribution < -0.4 is 5.32 Å². The molecule has 1 aromatic heterocycles. The van der Waals surface area contributed by atoms with Crippen LogP contribution >= 0.6 is 11.3 Å². The van der Waals surface area contributed by atoms with Crippen LogP contribution in [0.4, 0.5) is 0 Å². The molecule has 0 amide bonds. The Morgan fingerprint density at radius 3 is 2.86 bits per heavy atom. The van der Waals surface area contributed by atoms with E-state index in [1.165, 1.54) is 15.6 Å². The van der Waals surface area contributed by atoms with E-state index in [1.54, 1.807) is 0 Å². The van der Waals surface area contributed by atoms with Crippen LogP contribution in [-0.4, -0.2) is 36.6 Å². The minimum atomic E-state index is 0.436. The van der Waals surface area contributed by atoms with Gasteiger partial charge in [0, 0.05) is 24.5 Å². The number of rotatable bonds is 1. The zero-order valence-corrected chi connectivity index (χ0v) is 9.82. The highest BCUT2D eigenvalue weighted by Crippen LogP contribution is 2.24. The first kappa shape index (κ1) is 10.1. The molecule has 78 valence electrons. The summed E-state index contributed by atoms with van der Waals surface area (Å²) in [6, 6.07) is 0.436. The number of aryl methyl sites for hydroxylation is 2. The molecular formula is C10H17N3S. The summed E-state index contributed by atoms with van der Waals surface area (Å²) >= 11 is 1.82. The lowest BCUT2D eigenvalue weighted by Crippen LogP contribution is -2.43. The highest BCUT2D eigenvalue weighted by molar-refractivity contribution is 7.11. The molecule has 0 spiro atoms. The number of aromatic nitrogens is 1. The highest BCUT2D eigenvalue weighted by atomic mass is 32.1. The number of hydrogen-bond donors (Lipinski definition) is 1. The zero-order chi connectivity index (χ0) is 10.1. The second-order valence-corrected chi connectivity index (χ2v) is 5.20. The van der Waals surface area contributed by atoms with Crippen LogP contribution in [0.15, 0.2) is 0 Å². The van der Waals surface area contributed by atoms with E-state index in [-0.39, 0.29) is 0 Å². The predicted molar refractivity (Wildman–Crippen MR) is 59.8 cm³/mol. The first-order valence-electron chi connectivity index (χ1n) is 5.02. The Bertz CT molecular complexity index is 302. The summed E-state index contributed by atoms with van der Waals surface area (Å²) in [5.41, 5.74) is 1.18. The van der Waals surface area contributed by atoms with Crippen molar-refractivity contribution in [3.8, 4) is 0 Å². The van der Waals surface area contributed by atoms with Crippen LogP contribution in [0.25, 0.3) is 0 Å². The van der Waals surface area contributed by atoms with Crippen LogP contribution in [0.1, 0.15) is 21.6 Å². The molecular weight excluding hydrogens is 194 g/mol. The van der Waals surface area contributed by atoms with E-state index in [0.717, 1.165) is 19.6 Å². The Hall–Kier alpha value is -0.450. The van der Waals surface area contributed by atoms with Gasteiger partial charge in [0.1, 0.15) is 5.01 Å². The van der Waals surface area contributed by atoms with E-state index in [4.69, 9.17) is 0 Å². The average molecular weight is 211 g/mol. The number of piperazine rings is 1. The number of likely N-dealkylation sites (N-methyl/N-ethyl adjacent to an activating group) is 1. The summed E-state index contributed by atoms with van der Waals surface area (Å²) in [4.78, 5) is 8.29. The van der Waals surface area contributed by atoms with Gasteiger partial charge in [-0.15, -0.1) is 11.3 Å². The lowest BCUT2D eigenvalue weighted by molar-refractivity contribution is 0.240. The average Bonchev–Trinajstić information content (AvgIpc) is 2.47. The first-order chi connectivity index (χ1) is 6.66. The predicted octanol–water partition coefficient (Wildman–Crippen LogP) is 1.34. The Morgan fingerprint density at radius 1 is 1.50 bits per heavy atom. The molecule has 0 radical (unpaired) electrons. The fraction of sp³-hybridized carbons (Fsp3) is 0.700. The van der Waals surface area contributed by atoms with E-state index in [2.05, 4.69) is 36.1 Å². The molecule has 1 aromatic rings. The molecule has 1 saturated heterocycles. The van der Waals surface area contributed by atoms with Crippen molar-refractivity contribution < 1.29 is 0 Å². The van der Waals surface area contributed by atoms with E-state index in [1.807, 2.05) is 11.3 Å². The van der Waals surface area contributed by atoms with Gasteiger partial charge in [0.2, 0.25) is 0 Å². The van der Waals surface area contributed by atoms with Crippen LogP contribution in [0.3, 0.4) is 0 Å². The maximum Gasteiger partial charge on any atom is 0.111 e. The molecule has 1 N–H and O–H groups in total. The maximum absolute atomic E-state index is 4.60. The molecule has 1 aliphatic heterocycles. The minimum Gasteiger partial charge on any atom is -0.306 e. The lowest BCUT2D eigenvalue weighted by atomic mass is 10.2. The molecule has 0 aromatic carbocycles. The van der Waals surface area contributed by atoms with Gasteiger partial charge in [0.25, 0.3) is 0 Å². The maximum atomic E-state index is 4.60. The topological polar surface area (TPSA) is 28.2 Å². The zero-order valence-electron chi connectivity index (χ0n) is 9.00. The molecule has 0 saturated carbocycles. The number of nitrogens with zero attached hydrogens (tertiary/aromatic N) is 2. The molecule has 3 nitrogen and oxygen atoms in total. The molecule has 0 bridgehead atoms. The monoisotopic (exact) mass is 211 g/mol. The Labute approximate surface area is 89.1 Å². The Morgan fingerprint density at radius 2 is 2.29 bits per heavy atom. The van der Waals surface area contributed by atoms with Crippen molar-refractivity contribution in [2.24, 2.45) is 0 Å². The van der Waals surface area contributed by atoms with Gasteiger partial charge in [-0.05, 0) is 20.9 Å². The summed E-state index contributed by atoms with van der Waals surface area (Å²) in [5, 5.41) is 4.75. The van der Waals surface area contributed by atoms with Crippen molar-refractivity contribution in [2.75, 3.05) is 26.7 Å². The van der Waals surface area contributed by atoms with Crippen LogP contribution in [0.5, 0.6) is 0 Å². The normalized spacial score (nSPS) is 24.1. The van der Waals surface area contributed by atoms with Crippen molar-refractivity contribution in [3.63, 3.8) is 0 Å². The van der Waals surface area contributed by atoms with Gasteiger partial charge < -0.3 is 10.2 Å². The molecule has 4 heteroatoms. The second-order valence-electron chi connectivity index (χ2n) is 3.96. The fourth-order valence-corrected chi connectivity index (χ4v) is 2.70. The molecule has 1 atom stereocenters. The molecule has 0 aliphatic carbocycles. The van der Waals surface area contributed by atoms with Crippen molar-refractivity contribution in [2.45, 2.75) is 19.9 Å². The molecule has 2 rings (SSSR count). The smallest absolute Gasteiger partial charge is 0.111 e. The van der Waals surface area contributed by atoms with Gasteiger partial charge >= 0.3 is 0 Å². The molecule has 1 aliphatic rings. The standard InChI is InChI=1S/C10H17N3S/c1-7-8(2)14-10(12-7)9-6-13(3)5-4-11-9/h9,11H,4-6H2,1-3H3. The third kappa shape index (κ3) is 1.97. The van der Waals surface area contributed by atoms with Gasteiger partial charge in [-0.2, -0.15) is 0 Å². The highest BCUT2D eigenvalue weighted by Gasteiger charge is 2.21. The largest absolute Gasteiger partial charge is 0.306 e. The van der Waals surface area contributed by atoms with E-state index in [0.29, 0.717) is 6.04 Å². The summed E-state index contributed by atoms with van der Waals surface area (Å²) in [6.45, 7) is 7.51. The molecule has 14 heavy (non-hydrogen) atoms. The molecule has 1 unspecified atom stereocenters. The number of nitrogens with one attached hydrogen (secondary N) is 1. The van der Waals surface area contributed by atoms with E-state index >= 15 is 0 Å². The van der Waals surface area contributed by atoms with Crippen LogP contribution in [0.2, 0.25) is 0 Å². The van der Waals surface area contributed by atoms with Crippen molar-refractivity contribution >= 4 is 11.3 Å². The second kappa shape index (κ2) is 3.96. The van der Waals surface area contributed by atoms with Gasteiger partial charge in [-0.1, -0.05) is 0 Å². The summed E-state index contributed by atoms with van der Waals surface area (Å²) in [7, 11) is 2.17. The quantitative estimate of drug-likeness (QED) is 0.760. The van der Waals surface area contributed by atoms with Crippen LogP contribution in [-0.2, 0) is 0 Å². The fourth-order valence-electron chi connectivity index (χ4n) is 1.71. The Kier molecular flexibility index (Phi) is 2.85. The Balaban J connectivity index is 2.14. The third-order valence-corrected chi connectivity index (χ3v) is 3.91. The first-order valence-corrected chi connectivity index (χ1v) is 5.84. The summed E-state index contributed by atoms with van der Waals surface area (Å²) < 4.78 is 0. The van der Waals surface area contributed by atoms with E-state index in [9.17, 15) is 0 Å². The minimum absolute atomic E-state index is 0.436. The number of hydrogen-bond acceptors (Lipinski definition) is 4. The van der Waals surface area contributed by atoms with Crippen molar-refractivity contribution in [1.82, 2.24) is 15.2 Å².